The molecule has 2 unspecified atom stereocenters. The number of hydrogen-bond acceptors (Lipinski definition) is 4. The summed E-state index contributed by atoms with van der Waals surface area (Å²) >= 11 is 1.66. The van der Waals surface area contributed by atoms with E-state index in [1.807, 2.05) is 6.92 Å². The van der Waals surface area contributed by atoms with Crippen molar-refractivity contribution in [3.63, 3.8) is 0 Å². The van der Waals surface area contributed by atoms with Gasteiger partial charge in [0.05, 0.1) is 11.4 Å². The highest BCUT2D eigenvalue weighted by Crippen LogP contribution is 2.35. The van der Waals surface area contributed by atoms with Gasteiger partial charge in [-0.25, -0.2) is 4.98 Å². The Labute approximate surface area is 112 Å². The maximum atomic E-state index is 6.10. The highest BCUT2D eigenvalue weighted by atomic mass is 32.2. The number of thioether (sulfide) groups is 1. The Morgan fingerprint density at radius 3 is 2.72 bits per heavy atom. The summed E-state index contributed by atoms with van der Waals surface area (Å²) in [7, 11) is 0. The molecule has 0 spiro atoms. The normalized spacial score (nSPS) is 14.2. The predicted molar refractivity (Wildman–Crippen MR) is 75.5 cm³/mol. The third-order valence-corrected chi connectivity index (χ3v) is 4.04. The average molecular weight is 259 g/mol. The first-order chi connectivity index (χ1) is 8.66. The fraction of sp³-hybridized carbons (Fsp3) is 0.286. The molecule has 0 aliphatic rings. The van der Waals surface area contributed by atoms with Crippen molar-refractivity contribution in [3.8, 4) is 0 Å². The van der Waals surface area contributed by atoms with Crippen LogP contribution in [0.15, 0.2) is 47.9 Å². The molecule has 94 valence electrons. The summed E-state index contributed by atoms with van der Waals surface area (Å²) in [6.07, 6.45) is 5.16. The average Bonchev–Trinajstić information content (AvgIpc) is 2.37. The van der Waals surface area contributed by atoms with Crippen molar-refractivity contribution >= 4 is 11.8 Å². The van der Waals surface area contributed by atoms with Crippen LogP contribution in [0.25, 0.3) is 0 Å². The zero-order valence-electron chi connectivity index (χ0n) is 10.6. The highest BCUT2D eigenvalue weighted by Gasteiger charge is 2.18. The van der Waals surface area contributed by atoms with Gasteiger partial charge in [-0.1, -0.05) is 41.6 Å². The van der Waals surface area contributed by atoms with Gasteiger partial charge in [-0.15, -0.1) is 0 Å². The van der Waals surface area contributed by atoms with Gasteiger partial charge >= 0.3 is 0 Å². The Balaban J connectivity index is 2.24. The summed E-state index contributed by atoms with van der Waals surface area (Å²) in [5, 5.41) is 1.10. The van der Waals surface area contributed by atoms with E-state index in [1.54, 1.807) is 30.4 Å². The number of nitrogens with two attached hydrogens (primary N) is 1. The minimum absolute atomic E-state index is 0.0545. The van der Waals surface area contributed by atoms with Crippen LogP contribution in [0.3, 0.4) is 0 Å². The van der Waals surface area contributed by atoms with Crippen molar-refractivity contribution in [2.75, 3.05) is 0 Å². The lowest BCUT2D eigenvalue weighted by Crippen LogP contribution is -2.22. The van der Waals surface area contributed by atoms with E-state index in [1.165, 1.54) is 11.1 Å². The molecule has 0 amide bonds. The lowest BCUT2D eigenvalue weighted by molar-refractivity contribution is 0.719. The number of hydrogen-bond donors (Lipinski definition) is 1. The van der Waals surface area contributed by atoms with Crippen molar-refractivity contribution in [2.24, 2.45) is 5.73 Å². The molecule has 1 aromatic heterocycles. The van der Waals surface area contributed by atoms with E-state index in [9.17, 15) is 0 Å². The topological polar surface area (TPSA) is 51.8 Å². The number of nitrogens with zero attached hydrogens (tertiary/aromatic N) is 2. The number of rotatable bonds is 4. The SMILES string of the molecule is Cc1cccc(C(Sc2cnccn2)C(C)N)c1. The third kappa shape index (κ3) is 3.31. The van der Waals surface area contributed by atoms with Crippen molar-refractivity contribution in [3.05, 3.63) is 54.0 Å². The van der Waals surface area contributed by atoms with Crippen LogP contribution in [0.2, 0.25) is 0 Å². The zero-order chi connectivity index (χ0) is 13.0. The lowest BCUT2D eigenvalue weighted by Gasteiger charge is -2.20. The van der Waals surface area contributed by atoms with Crippen LogP contribution in [-0.2, 0) is 0 Å². The van der Waals surface area contributed by atoms with Crippen molar-refractivity contribution in [1.82, 2.24) is 9.97 Å². The fourth-order valence-corrected chi connectivity index (χ4v) is 2.80. The molecule has 1 aromatic carbocycles. The van der Waals surface area contributed by atoms with Gasteiger partial charge in [-0.3, -0.25) is 4.98 Å². The van der Waals surface area contributed by atoms with Gasteiger partial charge < -0.3 is 5.73 Å². The Morgan fingerprint density at radius 2 is 2.11 bits per heavy atom. The quantitative estimate of drug-likeness (QED) is 0.858. The van der Waals surface area contributed by atoms with E-state index < -0.39 is 0 Å². The first kappa shape index (κ1) is 13.1. The van der Waals surface area contributed by atoms with Gasteiger partial charge in [0.25, 0.3) is 0 Å². The van der Waals surface area contributed by atoms with E-state index in [0.717, 1.165) is 5.03 Å². The van der Waals surface area contributed by atoms with Crippen LogP contribution in [-0.4, -0.2) is 16.0 Å². The summed E-state index contributed by atoms with van der Waals surface area (Å²) in [4.78, 5) is 8.38. The molecular weight excluding hydrogens is 242 g/mol. The summed E-state index contributed by atoms with van der Waals surface area (Å²) in [5.41, 5.74) is 8.58. The third-order valence-electron chi connectivity index (χ3n) is 2.64. The number of aryl methyl sites for hydroxylation is 1. The molecule has 3 nitrogen and oxygen atoms in total. The Kier molecular flexibility index (Phi) is 4.33. The van der Waals surface area contributed by atoms with Gasteiger partial charge in [-0.05, 0) is 19.4 Å². The molecule has 0 aliphatic heterocycles. The first-order valence-electron chi connectivity index (χ1n) is 5.91. The van der Waals surface area contributed by atoms with Crippen molar-refractivity contribution in [2.45, 2.75) is 30.2 Å². The molecule has 18 heavy (non-hydrogen) atoms. The first-order valence-corrected chi connectivity index (χ1v) is 6.79. The molecule has 2 atom stereocenters. The molecule has 0 aliphatic carbocycles. The molecule has 0 fully saturated rings. The molecule has 2 aromatic rings. The van der Waals surface area contributed by atoms with Gasteiger partial charge in [0.2, 0.25) is 0 Å². The minimum atomic E-state index is 0.0545. The maximum absolute atomic E-state index is 6.10. The van der Waals surface area contributed by atoms with E-state index in [-0.39, 0.29) is 11.3 Å². The molecule has 0 saturated heterocycles. The summed E-state index contributed by atoms with van der Waals surface area (Å²) < 4.78 is 0. The molecule has 0 bridgehead atoms. The van der Waals surface area contributed by atoms with Crippen LogP contribution in [0, 0.1) is 6.92 Å². The van der Waals surface area contributed by atoms with Gasteiger partial charge in [0.1, 0.15) is 5.03 Å². The van der Waals surface area contributed by atoms with Crippen LogP contribution in [0.5, 0.6) is 0 Å². The van der Waals surface area contributed by atoms with Crippen LogP contribution < -0.4 is 5.73 Å². The van der Waals surface area contributed by atoms with E-state index in [0.29, 0.717) is 0 Å². The lowest BCUT2D eigenvalue weighted by atomic mass is 10.0. The second-order valence-corrected chi connectivity index (χ2v) is 5.52. The Bertz CT molecular complexity index is 499. The van der Waals surface area contributed by atoms with Gasteiger partial charge in [0, 0.05) is 18.4 Å². The van der Waals surface area contributed by atoms with E-state index >= 15 is 0 Å². The van der Waals surface area contributed by atoms with Crippen molar-refractivity contribution < 1.29 is 0 Å². The molecule has 2 rings (SSSR count). The van der Waals surface area contributed by atoms with Gasteiger partial charge in [0.15, 0.2) is 0 Å². The van der Waals surface area contributed by atoms with Crippen LogP contribution in [0.1, 0.15) is 23.3 Å². The molecule has 2 N–H and O–H groups in total. The summed E-state index contributed by atoms with van der Waals surface area (Å²) in [5.74, 6) is 0. The Morgan fingerprint density at radius 1 is 1.28 bits per heavy atom. The molecule has 0 saturated carbocycles. The molecule has 1 heterocycles. The van der Waals surface area contributed by atoms with Crippen LogP contribution in [0.4, 0.5) is 0 Å². The van der Waals surface area contributed by atoms with E-state index in [4.69, 9.17) is 5.73 Å². The number of benzene rings is 1. The largest absolute Gasteiger partial charge is 0.327 e. The van der Waals surface area contributed by atoms with Gasteiger partial charge in [-0.2, -0.15) is 0 Å². The fourth-order valence-electron chi connectivity index (χ4n) is 1.80. The smallest absolute Gasteiger partial charge is 0.115 e. The van der Waals surface area contributed by atoms with E-state index in [2.05, 4.69) is 41.2 Å². The number of aromatic nitrogens is 2. The standard InChI is InChI=1S/C14H17N3S/c1-10-4-3-5-12(8-10)14(11(2)15)18-13-9-16-6-7-17-13/h3-9,11,14H,15H2,1-2H3. The molecular formula is C14H17N3S. The summed E-state index contributed by atoms with van der Waals surface area (Å²) in [6.45, 7) is 4.12. The van der Waals surface area contributed by atoms with Crippen molar-refractivity contribution in [1.29, 1.82) is 0 Å². The molecule has 4 heteroatoms. The summed E-state index contributed by atoms with van der Waals surface area (Å²) in [6, 6.07) is 8.51. The maximum Gasteiger partial charge on any atom is 0.115 e. The zero-order valence-corrected chi connectivity index (χ0v) is 11.4. The van der Waals surface area contributed by atoms with Crippen LogP contribution >= 0.6 is 11.8 Å². The predicted octanol–water partition coefficient (Wildman–Crippen LogP) is 2.97. The second-order valence-electron chi connectivity index (χ2n) is 4.36. The minimum Gasteiger partial charge on any atom is -0.327 e. The monoisotopic (exact) mass is 259 g/mol. The molecule has 0 radical (unpaired) electrons. The Hall–Kier alpha value is -1.39. The highest BCUT2D eigenvalue weighted by molar-refractivity contribution is 7.99. The second kappa shape index (κ2) is 5.98.